The molecule has 1 N–H and O–H groups in total. The van der Waals surface area contributed by atoms with Gasteiger partial charge >= 0.3 is 0 Å². The van der Waals surface area contributed by atoms with Gasteiger partial charge < -0.3 is 5.32 Å². The largest absolute Gasteiger partial charge is 0.348 e. The van der Waals surface area contributed by atoms with Crippen LogP contribution in [0.3, 0.4) is 0 Å². The number of aromatic nitrogens is 3. The normalized spacial score (nSPS) is 11.1. The molecule has 0 fully saturated rings. The molecular weight excluding hydrogens is 372 g/mol. The maximum absolute atomic E-state index is 12.1. The highest BCUT2D eigenvalue weighted by atomic mass is 35.5. The Bertz CT molecular complexity index is 989. The van der Waals surface area contributed by atoms with Gasteiger partial charge in [0.25, 0.3) is 0 Å². The number of carbonyl (C=O) groups excluding carboxylic acids is 1. The van der Waals surface area contributed by atoms with Gasteiger partial charge in [0, 0.05) is 30.1 Å². The van der Waals surface area contributed by atoms with Crippen molar-refractivity contribution in [1.82, 2.24) is 20.1 Å². The maximum atomic E-state index is 12.1. The quantitative estimate of drug-likeness (QED) is 0.502. The average Bonchev–Trinajstić information content (AvgIpc) is 2.94. The topological polar surface area (TPSA) is 59.8 Å². The Labute approximate surface area is 170 Å². The van der Waals surface area contributed by atoms with Gasteiger partial charge in [-0.15, -0.1) is 0 Å². The fourth-order valence-corrected chi connectivity index (χ4v) is 3.00. The van der Waals surface area contributed by atoms with E-state index in [-0.39, 0.29) is 5.91 Å². The number of halogens is 1. The van der Waals surface area contributed by atoms with Crippen LogP contribution in [0.5, 0.6) is 0 Å². The molecule has 0 saturated heterocycles. The minimum absolute atomic E-state index is 0.167. The second kappa shape index (κ2) is 8.85. The lowest BCUT2D eigenvalue weighted by molar-refractivity contribution is -0.116. The molecule has 0 bridgehead atoms. The first-order valence-corrected chi connectivity index (χ1v) is 9.46. The highest BCUT2D eigenvalue weighted by Crippen LogP contribution is 2.17. The number of carbonyl (C=O) groups is 1. The molecule has 0 aliphatic heterocycles. The SMILES string of the molecule is Cc1ccc(Cn2nc(C)c(/C=C/C(=O)NCc3ccc(Cl)nc3)c2C)cc1. The van der Waals surface area contributed by atoms with Crippen LogP contribution in [-0.4, -0.2) is 20.7 Å². The molecule has 0 atom stereocenters. The van der Waals surface area contributed by atoms with Gasteiger partial charge in [-0.3, -0.25) is 9.48 Å². The molecule has 0 aliphatic carbocycles. The molecule has 0 radical (unpaired) electrons. The predicted octanol–water partition coefficient (Wildman–Crippen LogP) is 4.23. The van der Waals surface area contributed by atoms with Gasteiger partial charge in [0.15, 0.2) is 0 Å². The van der Waals surface area contributed by atoms with E-state index in [0.717, 1.165) is 22.5 Å². The molecule has 144 valence electrons. The summed E-state index contributed by atoms with van der Waals surface area (Å²) in [6.45, 7) is 7.15. The lowest BCUT2D eigenvalue weighted by Crippen LogP contribution is -2.20. The molecular formula is C22H23ClN4O. The Kier molecular flexibility index (Phi) is 6.26. The lowest BCUT2D eigenvalue weighted by Gasteiger charge is -2.05. The molecule has 28 heavy (non-hydrogen) atoms. The van der Waals surface area contributed by atoms with E-state index < -0.39 is 0 Å². The Morgan fingerprint density at radius 3 is 2.50 bits per heavy atom. The van der Waals surface area contributed by atoms with Crippen molar-refractivity contribution in [2.24, 2.45) is 0 Å². The van der Waals surface area contributed by atoms with Gasteiger partial charge in [0.2, 0.25) is 5.91 Å². The summed E-state index contributed by atoms with van der Waals surface area (Å²) in [6, 6.07) is 12.0. The van der Waals surface area contributed by atoms with Crippen molar-refractivity contribution < 1.29 is 4.79 Å². The number of benzene rings is 1. The van der Waals surface area contributed by atoms with E-state index in [1.807, 2.05) is 30.7 Å². The summed E-state index contributed by atoms with van der Waals surface area (Å²) in [4.78, 5) is 16.1. The Hall–Kier alpha value is -2.92. The van der Waals surface area contributed by atoms with E-state index in [2.05, 4.69) is 46.6 Å². The number of nitrogens with one attached hydrogen (secondary N) is 1. The zero-order valence-electron chi connectivity index (χ0n) is 16.2. The first-order chi connectivity index (χ1) is 13.4. The molecule has 5 nitrogen and oxygen atoms in total. The summed E-state index contributed by atoms with van der Waals surface area (Å²) >= 11 is 5.76. The fourth-order valence-electron chi connectivity index (χ4n) is 2.89. The minimum Gasteiger partial charge on any atom is -0.348 e. The third-order valence-corrected chi connectivity index (χ3v) is 4.77. The number of rotatable bonds is 6. The van der Waals surface area contributed by atoms with Crippen molar-refractivity contribution >= 4 is 23.6 Å². The Balaban J connectivity index is 1.64. The van der Waals surface area contributed by atoms with Gasteiger partial charge in [-0.25, -0.2) is 4.98 Å². The molecule has 0 spiro atoms. The second-order valence-corrected chi connectivity index (χ2v) is 7.16. The van der Waals surface area contributed by atoms with Crippen molar-refractivity contribution in [3.63, 3.8) is 0 Å². The highest BCUT2D eigenvalue weighted by Gasteiger charge is 2.10. The molecule has 6 heteroatoms. The second-order valence-electron chi connectivity index (χ2n) is 6.77. The van der Waals surface area contributed by atoms with Crippen LogP contribution in [0.1, 0.15) is 33.6 Å². The zero-order chi connectivity index (χ0) is 20.1. The van der Waals surface area contributed by atoms with Crippen LogP contribution < -0.4 is 5.32 Å². The van der Waals surface area contributed by atoms with Crippen molar-refractivity contribution in [3.05, 3.63) is 87.5 Å². The highest BCUT2D eigenvalue weighted by molar-refractivity contribution is 6.29. The summed E-state index contributed by atoms with van der Waals surface area (Å²) in [7, 11) is 0. The van der Waals surface area contributed by atoms with Crippen molar-refractivity contribution in [3.8, 4) is 0 Å². The van der Waals surface area contributed by atoms with Gasteiger partial charge in [-0.2, -0.15) is 5.10 Å². The number of pyridine rings is 1. The van der Waals surface area contributed by atoms with Crippen LogP contribution in [0.25, 0.3) is 6.08 Å². The molecule has 0 aliphatic rings. The molecule has 1 amide bonds. The molecule has 0 unspecified atom stereocenters. The maximum Gasteiger partial charge on any atom is 0.244 e. The number of amides is 1. The first-order valence-electron chi connectivity index (χ1n) is 9.08. The van der Waals surface area contributed by atoms with E-state index in [9.17, 15) is 4.79 Å². The number of nitrogens with zero attached hydrogens (tertiary/aromatic N) is 3. The van der Waals surface area contributed by atoms with Gasteiger partial charge in [-0.1, -0.05) is 47.5 Å². The van der Waals surface area contributed by atoms with Crippen LogP contribution in [0.2, 0.25) is 5.15 Å². The molecule has 0 saturated carbocycles. The molecule has 3 rings (SSSR count). The fraction of sp³-hybridized carbons (Fsp3) is 0.227. The number of aryl methyl sites for hydroxylation is 2. The summed E-state index contributed by atoms with van der Waals surface area (Å²) < 4.78 is 1.97. The van der Waals surface area contributed by atoms with E-state index in [4.69, 9.17) is 11.6 Å². The number of hydrogen-bond donors (Lipinski definition) is 1. The monoisotopic (exact) mass is 394 g/mol. The van der Waals surface area contributed by atoms with Crippen LogP contribution >= 0.6 is 11.6 Å². The van der Waals surface area contributed by atoms with Crippen LogP contribution in [0.15, 0.2) is 48.7 Å². The third-order valence-electron chi connectivity index (χ3n) is 4.55. The minimum atomic E-state index is -0.167. The van der Waals surface area contributed by atoms with Crippen LogP contribution in [0, 0.1) is 20.8 Å². The Morgan fingerprint density at radius 2 is 1.82 bits per heavy atom. The standard InChI is InChI=1S/C22H23ClN4O/c1-15-4-6-18(7-5-15)14-27-17(3)20(16(2)26-27)9-11-22(28)25-13-19-8-10-21(23)24-12-19/h4-12H,13-14H2,1-3H3,(H,25,28)/b11-9+. The van der Waals surface area contributed by atoms with Gasteiger partial charge in [0.1, 0.15) is 5.15 Å². The lowest BCUT2D eigenvalue weighted by atomic mass is 10.1. The molecule has 1 aromatic carbocycles. The van der Waals surface area contributed by atoms with Crippen molar-refractivity contribution in [2.45, 2.75) is 33.9 Å². The molecule has 2 heterocycles. The predicted molar refractivity (Wildman–Crippen MR) is 112 cm³/mol. The summed E-state index contributed by atoms with van der Waals surface area (Å²) in [5.74, 6) is -0.167. The van der Waals surface area contributed by atoms with Crippen molar-refractivity contribution in [2.75, 3.05) is 0 Å². The third kappa shape index (κ3) is 5.08. The van der Waals surface area contributed by atoms with E-state index >= 15 is 0 Å². The van der Waals surface area contributed by atoms with Gasteiger partial charge in [0.05, 0.1) is 12.2 Å². The van der Waals surface area contributed by atoms with E-state index in [1.165, 1.54) is 17.2 Å². The molecule has 2 aromatic heterocycles. The summed E-state index contributed by atoms with van der Waals surface area (Å²) in [5.41, 5.74) is 6.22. The van der Waals surface area contributed by atoms with E-state index in [0.29, 0.717) is 18.2 Å². The number of hydrogen-bond acceptors (Lipinski definition) is 3. The Morgan fingerprint density at radius 1 is 1.11 bits per heavy atom. The smallest absolute Gasteiger partial charge is 0.244 e. The zero-order valence-corrected chi connectivity index (χ0v) is 17.0. The van der Waals surface area contributed by atoms with Crippen LogP contribution in [-0.2, 0) is 17.9 Å². The van der Waals surface area contributed by atoms with Gasteiger partial charge in [-0.05, 0) is 44.0 Å². The van der Waals surface area contributed by atoms with E-state index in [1.54, 1.807) is 12.3 Å². The first kappa shape index (κ1) is 19.8. The average molecular weight is 395 g/mol. The molecule has 3 aromatic rings. The van der Waals surface area contributed by atoms with Crippen molar-refractivity contribution in [1.29, 1.82) is 0 Å². The summed E-state index contributed by atoms with van der Waals surface area (Å²) in [5, 5.41) is 7.90. The summed E-state index contributed by atoms with van der Waals surface area (Å²) in [6.07, 6.45) is 5.01. The van der Waals surface area contributed by atoms with Crippen LogP contribution in [0.4, 0.5) is 0 Å².